The monoisotopic (exact) mass is 392 g/mol. The van der Waals surface area contributed by atoms with Crippen LogP contribution in [0.4, 0.5) is 0 Å². The van der Waals surface area contributed by atoms with E-state index in [0.29, 0.717) is 1.43 Å². The van der Waals surface area contributed by atoms with E-state index >= 15 is 0 Å². The standard InChI is InChI=1S/C10H18I2/c1-7(2)9-5-4-8(3)6-10(9,11)12/h7-9H,4-6H2,1-3H3. The molecule has 1 saturated carbocycles. The second-order valence-corrected chi connectivity index (χ2v) is 10.4. The summed E-state index contributed by atoms with van der Waals surface area (Å²) in [6, 6.07) is 0. The minimum absolute atomic E-state index is 0.529. The van der Waals surface area contributed by atoms with Crippen molar-refractivity contribution in [2.75, 3.05) is 0 Å². The summed E-state index contributed by atoms with van der Waals surface area (Å²) in [7, 11) is 0. The first-order valence-electron chi connectivity index (χ1n) is 4.81. The van der Waals surface area contributed by atoms with Crippen LogP contribution in [0.5, 0.6) is 0 Å². The lowest BCUT2D eigenvalue weighted by Crippen LogP contribution is -2.35. The molecule has 2 atom stereocenters. The molecule has 0 saturated heterocycles. The third-order valence-corrected chi connectivity index (χ3v) is 5.42. The molecule has 0 amide bonds. The summed E-state index contributed by atoms with van der Waals surface area (Å²) in [5, 5.41) is 0. The van der Waals surface area contributed by atoms with Gasteiger partial charge >= 0.3 is 0 Å². The fourth-order valence-electron chi connectivity index (χ4n) is 2.21. The van der Waals surface area contributed by atoms with Gasteiger partial charge in [-0.1, -0.05) is 72.4 Å². The third-order valence-electron chi connectivity index (χ3n) is 2.94. The Hall–Kier alpha value is 1.46. The summed E-state index contributed by atoms with van der Waals surface area (Å²) in [6.07, 6.45) is 4.28. The van der Waals surface area contributed by atoms with Gasteiger partial charge in [0.1, 0.15) is 0 Å². The smallest absolute Gasteiger partial charge is 0.0669 e. The highest BCUT2D eigenvalue weighted by molar-refractivity contribution is 14.2. The van der Waals surface area contributed by atoms with Crippen molar-refractivity contribution in [1.29, 1.82) is 0 Å². The first-order valence-corrected chi connectivity index (χ1v) is 6.97. The molecule has 0 N–H and O–H groups in total. The van der Waals surface area contributed by atoms with E-state index in [4.69, 9.17) is 0 Å². The van der Waals surface area contributed by atoms with Crippen LogP contribution in [0.1, 0.15) is 40.0 Å². The minimum Gasteiger partial charge on any atom is -0.0669 e. The van der Waals surface area contributed by atoms with Crippen molar-refractivity contribution in [3.8, 4) is 0 Å². The zero-order valence-electron chi connectivity index (χ0n) is 8.11. The van der Waals surface area contributed by atoms with Crippen LogP contribution >= 0.6 is 45.2 Å². The lowest BCUT2D eigenvalue weighted by Gasteiger charge is -2.40. The van der Waals surface area contributed by atoms with Crippen molar-refractivity contribution in [3.63, 3.8) is 0 Å². The zero-order valence-corrected chi connectivity index (χ0v) is 12.4. The fourth-order valence-corrected chi connectivity index (χ4v) is 5.78. The molecule has 2 unspecified atom stereocenters. The highest BCUT2D eigenvalue weighted by Crippen LogP contribution is 2.51. The Morgan fingerprint density at radius 1 is 1.25 bits per heavy atom. The van der Waals surface area contributed by atoms with Crippen LogP contribution in [0, 0.1) is 17.8 Å². The Bertz CT molecular complexity index is 152. The summed E-state index contributed by atoms with van der Waals surface area (Å²) >= 11 is 5.34. The minimum atomic E-state index is 0.529. The van der Waals surface area contributed by atoms with Crippen LogP contribution in [0.3, 0.4) is 0 Å². The molecule has 0 aromatic rings. The van der Waals surface area contributed by atoms with Crippen LogP contribution in [-0.4, -0.2) is 1.43 Å². The van der Waals surface area contributed by atoms with Crippen molar-refractivity contribution < 1.29 is 0 Å². The van der Waals surface area contributed by atoms with Crippen molar-refractivity contribution in [1.82, 2.24) is 0 Å². The quantitative estimate of drug-likeness (QED) is 0.451. The van der Waals surface area contributed by atoms with E-state index in [1.807, 2.05) is 0 Å². The molecule has 0 aromatic heterocycles. The molecule has 2 heteroatoms. The predicted molar refractivity (Wildman–Crippen MR) is 72.1 cm³/mol. The van der Waals surface area contributed by atoms with Crippen molar-refractivity contribution in [2.24, 2.45) is 17.8 Å². The van der Waals surface area contributed by atoms with Crippen LogP contribution in [0.25, 0.3) is 0 Å². The van der Waals surface area contributed by atoms with Gasteiger partial charge in [-0.2, -0.15) is 0 Å². The molecule has 0 nitrogen and oxygen atoms in total. The maximum Gasteiger partial charge on any atom is 0.0767 e. The maximum atomic E-state index is 2.67. The second kappa shape index (κ2) is 4.32. The SMILES string of the molecule is CC1CCC(C(C)C)C(I)(I)C1. The molecule has 72 valence electrons. The van der Waals surface area contributed by atoms with Gasteiger partial charge in [0.05, 0.1) is 1.43 Å². The fraction of sp³-hybridized carbons (Fsp3) is 1.00. The summed E-state index contributed by atoms with van der Waals surface area (Å²) < 4.78 is 0.529. The maximum absolute atomic E-state index is 2.67. The van der Waals surface area contributed by atoms with E-state index in [1.54, 1.807) is 0 Å². The molecule has 0 aliphatic heterocycles. The Kier molecular flexibility index (Phi) is 4.15. The van der Waals surface area contributed by atoms with Gasteiger partial charge < -0.3 is 0 Å². The molecule has 0 bridgehead atoms. The van der Waals surface area contributed by atoms with Gasteiger partial charge in [-0.25, -0.2) is 0 Å². The summed E-state index contributed by atoms with van der Waals surface area (Å²) in [5.41, 5.74) is 0. The lowest BCUT2D eigenvalue weighted by molar-refractivity contribution is 0.244. The number of alkyl halides is 2. The van der Waals surface area contributed by atoms with Crippen LogP contribution in [0.15, 0.2) is 0 Å². The highest BCUT2D eigenvalue weighted by Gasteiger charge is 2.39. The van der Waals surface area contributed by atoms with Gasteiger partial charge in [0, 0.05) is 0 Å². The van der Waals surface area contributed by atoms with E-state index in [1.165, 1.54) is 19.3 Å². The van der Waals surface area contributed by atoms with Crippen molar-refractivity contribution >= 4 is 45.2 Å². The highest BCUT2D eigenvalue weighted by atomic mass is 127. The van der Waals surface area contributed by atoms with Gasteiger partial charge in [0.15, 0.2) is 0 Å². The molecule has 1 aliphatic carbocycles. The van der Waals surface area contributed by atoms with E-state index in [-0.39, 0.29) is 0 Å². The van der Waals surface area contributed by atoms with Gasteiger partial charge in [-0.05, 0) is 30.6 Å². The molecular formula is C10H18I2. The van der Waals surface area contributed by atoms with Gasteiger partial charge in [0.2, 0.25) is 0 Å². The van der Waals surface area contributed by atoms with Crippen molar-refractivity contribution in [2.45, 2.75) is 41.5 Å². The Morgan fingerprint density at radius 2 is 1.83 bits per heavy atom. The Balaban J connectivity index is 2.64. The zero-order chi connectivity index (χ0) is 9.35. The van der Waals surface area contributed by atoms with Crippen molar-refractivity contribution in [3.05, 3.63) is 0 Å². The summed E-state index contributed by atoms with van der Waals surface area (Å²) in [5.74, 6) is 2.72. The van der Waals surface area contributed by atoms with Crippen LogP contribution in [-0.2, 0) is 0 Å². The van der Waals surface area contributed by atoms with E-state index < -0.39 is 0 Å². The molecule has 12 heavy (non-hydrogen) atoms. The molecule has 1 fully saturated rings. The van der Waals surface area contributed by atoms with Crippen LogP contribution in [0.2, 0.25) is 0 Å². The number of halogens is 2. The summed E-state index contributed by atoms with van der Waals surface area (Å²) in [6.45, 7) is 7.13. The first kappa shape index (κ1) is 11.5. The molecule has 1 rings (SSSR count). The number of hydrogen-bond donors (Lipinski definition) is 0. The summed E-state index contributed by atoms with van der Waals surface area (Å²) in [4.78, 5) is 0. The van der Waals surface area contributed by atoms with E-state index in [9.17, 15) is 0 Å². The Labute approximate surface area is 104 Å². The molecule has 0 heterocycles. The normalized spacial score (nSPS) is 35.5. The molecule has 0 aromatic carbocycles. The lowest BCUT2D eigenvalue weighted by atomic mass is 9.77. The van der Waals surface area contributed by atoms with Crippen LogP contribution < -0.4 is 0 Å². The van der Waals surface area contributed by atoms with Gasteiger partial charge in [-0.15, -0.1) is 0 Å². The average Bonchev–Trinajstić information content (AvgIpc) is 1.82. The topological polar surface area (TPSA) is 0 Å². The molecule has 0 spiro atoms. The Morgan fingerprint density at radius 3 is 2.25 bits per heavy atom. The molecular weight excluding hydrogens is 374 g/mol. The van der Waals surface area contributed by atoms with E-state index in [2.05, 4.69) is 66.0 Å². The second-order valence-electron chi connectivity index (χ2n) is 4.50. The van der Waals surface area contributed by atoms with Gasteiger partial charge in [0.25, 0.3) is 0 Å². The molecule has 0 radical (unpaired) electrons. The average molecular weight is 392 g/mol. The number of hydrogen-bond acceptors (Lipinski definition) is 0. The molecule has 1 aliphatic rings. The third kappa shape index (κ3) is 2.72. The first-order chi connectivity index (χ1) is 5.43. The predicted octanol–water partition coefficient (Wildman–Crippen LogP) is 4.64. The largest absolute Gasteiger partial charge is 0.0767 e. The number of rotatable bonds is 1. The van der Waals surface area contributed by atoms with E-state index in [0.717, 1.165) is 17.8 Å². The van der Waals surface area contributed by atoms with Gasteiger partial charge in [-0.3, -0.25) is 0 Å².